The number of nitrogens with zero attached hydrogens (tertiary/aromatic N) is 1. The maximum Gasteiger partial charge on any atom is 0.284 e. The van der Waals surface area contributed by atoms with Crippen LogP contribution >= 0.6 is 0 Å². The number of nitrogens with two attached hydrogens (primary N) is 1. The van der Waals surface area contributed by atoms with Crippen LogP contribution in [0.3, 0.4) is 0 Å². The SMILES string of the molecule is C=C(c1ccc(C(=O)Nc2ccc(F)c([C@H](C)/C=C(/CF)OC(=N)N)c2)nc1)C(C)CC. The van der Waals surface area contributed by atoms with Crippen molar-refractivity contribution in [2.45, 2.75) is 33.1 Å². The number of carbonyl (C=O) groups excluding carboxylic acids is 1. The van der Waals surface area contributed by atoms with Crippen molar-refractivity contribution < 1.29 is 18.3 Å². The fourth-order valence-electron chi connectivity index (χ4n) is 3.03. The second-order valence-electron chi connectivity index (χ2n) is 7.48. The molecule has 0 aliphatic carbocycles. The summed E-state index contributed by atoms with van der Waals surface area (Å²) in [5.74, 6) is -1.46. The zero-order valence-corrected chi connectivity index (χ0v) is 18.4. The van der Waals surface area contributed by atoms with Crippen molar-refractivity contribution in [1.82, 2.24) is 4.98 Å². The zero-order valence-electron chi connectivity index (χ0n) is 18.4. The lowest BCUT2D eigenvalue weighted by molar-refractivity contribution is 0.102. The molecule has 0 saturated heterocycles. The third-order valence-electron chi connectivity index (χ3n) is 5.13. The minimum absolute atomic E-state index is 0.192. The molecule has 1 heterocycles. The van der Waals surface area contributed by atoms with Crippen molar-refractivity contribution in [2.24, 2.45) is 11.7 Å². The van der Waals surface area contributed by atoms with E-state index in [0.29, 0.717) is 11.6 Å². The van der Waals surface area contributed by atoms with E-state index in [9.17, 15) is 13.6 Å². The number of amides is 1. The molecule has 0 fully saturated rings. The minimum Gasteiger partial charge on any atom is -0.428 e. The van der Waals surface area contributed by atoms with Crippen molar-refractivity contribution in [3.05, 3.63) is 77.6 Å². The first-order chi connectivity index (χ1) is 15.2. The largest absolute Gasteiger partial charge is 0.428 e. The van der Waals surface area contributed by atoms with Gasteiger partial charge in [0.2, 0.25) is 0 Å². The fraction of sp³-hybridized carbons (Fsp3) is 0.292. The second kappa shape index (κ2) is 11.2. The molecule has 2 atom stereocenters. The van der Waals surface area contributed by atoms with E-state index in [0.717, 1.165) is 17.6 Å². The first-order valence-corrected chi connectivity index (χ1v) is 10.2. The summed E-state index contributed by atoms with van der Waals surface area (Å²) >= 11 is 0. The normalized spacial score (nSPS) is 13.2. The Morgan fingerprint density at radius 1 is 1.34 bits per heavy atom. The van der Waals surface area contributed by atoms with Crippen LogP contribution in [0.25, 0.3) is 5.57 Å². The third-order valence-corrected chi connectivity index (χ3v) is 5.13. The summed E-state index contributed by atoms with van der Waals surface area (Å²) < 4.78 is 32.2. The molecule has 1 amide bonds. The molecule has 6 nitrogen and oxygen atoms in total. The molecule has 4 N–H and O–H groups in total. The van der Waals surface area contributed by atoms with Crippen molar-refractivity contribution in [1.29, 1.82) is 5.41 Å². The van der Waals surface area contributed by atoms with Crippen molar-refractivity contribution in [3.8, 4) is 0 Å². The molecule has 1 aromatic carbocycles. The van der Waals surface area contributed by atoms with E-state index >= 15 is 0 Å². The summed E-state index contributed by atoms with van der Waals surface area (Å²) in [4.78, 5) is 16.8. The molecule has 170 valence electrons. The standard InChI is InChI=1S/C24H28F2N4O2/c1-5-14(2)16(4)17-6-9-22(29-13-17)23(31)30-18-7-8-21(26)20(11-18)15(3)10-19(12-25)32-24(27)28/h6-11,13-15H,4-5,12H2,1-3H3,(H3,27,28)(H,30,31)/b19-10-/t14?,15-/m1/s1. The lowest BCUT2D eigenvalue weighted by Crippen LogP contribution is -2.15. The van der Waals surface area contributed by atoms with Gasteiger partial charge < -0.3 is 15.8 Å². The Hall–Kier alpha value is -3.55. The topological polar surface area (TPSA) is 101 Å². The Morgan fingerprint density at radius 2 is 2.06 bits per heavy atom. The Labute approximate surface area is 186 Å². The average Bonchev–Trinajstić information content (AvgIpc) is 2.78. The van der Waals surface area contributed by atoms with Gasteiger partial charge in [0.1, 0.15) is 23.9 Å². The van der Waals surface area contributed by atoms with Gasteiger partial charge in [0, 0.05) is 17.8 Å². The Kier molecular flexibility index (Phi) is 8.63. The van der Waals surface area contributed by atoms with Crippen LogP contribution in [0.15, 0.2) is 54.9 Å². The van der Waals surface area contributed by atoms with Gasteiger partial charge in [-0.3, -0.25) is 15.2 Å². The predicted molar refractivity (Wildman–Crippen MR) is 123 cm³/mol. The summed E-state index contributed by atoms with van der Waals surface area (Å²) in [5.41, 5.74) is 7.73. The Morgan fingerprint density at radius 3 is 2.62 bits per heavy atom. The van der Waals surface area contributed by atoms with E-state index in [1.54, 1.807) is 25.3 Å². The molecular weight excluding hydrogens is 414 g/mol. The molecule has 0 bridgehead atoms. The second-order valence-corrected chi connectivity index (χ2v) is 7.48. The highest BCUT2D eigenvalue weighted by Gasteiger charge is 2.15. The summed E-state index contributed by atoms with van der Waals surface area (Å²) in [6.07, 6.45) is 3.89. The fourth-order valence-corrected chi connectivity index (χ4v) is 3.03. The number of allylic oxidation sites excluding steroid dienone is 3. The van der Waals surface area contributed by atoms with Crippen molar-refractivity contribution >= 4 is 23.2 Å². The van der Waals surface area contributed by atoms with Gasteiger partial charge in [-0.15, -0.1) is 0 Å². The number of pyridine rings is 1. The van der Waals surface area contributed by atoms with Crippen LogP contribution in [0.4, 0.5) is 14.5 Å². The quantitative estimate of drug-likeness (QED) is 0.275. The number of amidine groups is 1. The molecule has 0 saturated carbocycles. The number of ether oxygens (including phenoxy) is 1. The zero-order chi connectivity index (χ0) is 23.8. The first kappa shape index (κ1) is 24.7. The molecular formula is C24H28F2N4O2. The van der Waals surface area contributed by atoms with E-state index in [-0.39, 0.29) is 17.0 Å². The van der Waals surface area contributed by atoms with Gasteiger partial charge in [-0.2, -0.15) is 0 Å². The van der Waals surface area contributed by atoms with E-state index in [4.69, 9.17) is 15.9 Å². The van der Waals surface area contributed by atoms with Gasteiger partial charge in [0.25, 0.3) is 11.9 Å². The summed E-state index contributed by atoms with van der Waals surface area (Å²) in [7, 11) is 0. The molecule has 0 spiro atoms. The lowest BCUT2D eigenvalue weighted by atomic mass is 9.94. The number of aromatic nitrogens is 1. The molecule has 0 aliphatic heterocycles. The number of alkyl halides is 1. The summed E-state index contributed by atoms with van der Waals surface area (Å²) in [6, 6.07) is 6.84. The maximum absolute atomic E-state index is 14.3. The smallest absolute Gasteiger partial charge is 0.284 e. The molecule has 0 aliphatic rings. The van der Waals surface area contributed by atoms with Crippen molar-refractivity contribution in [2.75, 3.05) is 12.0 Å². The predicted octanol–water partition coefficient (Wildman–Crippen LogP) is 5.40. The number of halogens is 2. The molecule has 1 unspecified atom stereocenters. The highest BCUT2D eigenvalue weighted by molar-refractivity contribution is 6.03. The lowest BCUT2D eigenvalue weighted by Gasteiger charge is -2.14. The molecule has 8 heteroatoms. The number of hydrogen-bond acceptors (Lipinski definition) is 4. The first-order valence-electron chi connectivity index (χ1n) is 10.2. The van der Waals surface area contributed by atoms with Crippen LogP contribution < -0.4 is 11.1 Å². The molecule has 0 radical (unpaired) electrons. The van der Waals surface area contributed by atoms with E-state index in [1.807, 2.05) is 0 Å². The van der Waals surface area contributed by atoms with Gasteiger partial charge in [0.15, 0.2) is 0 Å². The van der Waals surface area contributed by atoms with Gasteiger partial charge in [0.05, 0.1) is 0 Å². The number of anilines is 1. The molecule has 2 aromatic rings. The van der Waals surface area contributed by atoms with Gasteiger partial charge >= 0.3 is 0 Å². The van der Waals surface area contributed by atoms with Crippen LogP contribution in [0.2, 0.25) is 0 Å². The van der Waals surface area contributed by atoms with E-state index in [2.05, 4.69) is 30.7 Å². The van der Waals surface area contributed by atoms with Gasteiger partial charge in [-0.25, -0.2) is 8.78 Å². The number of nitrogens with one attached hydrogen (secondary N) is 2. The molecule has 2 rings (SSSR count). The highest BCUT2D eigenvalue weighted by atomic mass is 19.1. The maximum atomic E-state index is 14.3. The van der Waals surface area contributed by atoms with Gasteiger partial charge in [-0.05, 0) is 59.4 Å². The Balaban J connectivity index is 2.18. The molecule has 1 aromatic heterocycles. The van der Waals surface area contributed by atoms with Crippen LogP contribution in [-0.2, 0) is 4.74 Å². The van der Waals surface area contributed by atoms with Crippen LogP contribution in [0.1, 0.15) is 54.7 Å². The minimum atomic E-state index is -0.993. The number of hydrogen-bond donors (Lipinski definition) is 3. The van der Waals surface area contributed by atoms with Gasteiger partial charge in [-0.1, -0.05) is 33.4 Å². The summed E-state index contributed by atoms with van der Waals surface area (Å²) in [5, 5.41) is 9.79. The van der Waals surface area contributed by atoms with Crippen LogP contribution in [0, 0.1) is 17.1 Å². The average molecular weight is 443 g/mol. The number of benzene rings is 1. The highest BCUT2D eigenvalue weighted by Crippen LogP contribution is 2.26. The monoisotopic (exact) mass is 442 g/mol. The summed E-state index contributed by atoms with van der Waals surface area (Å²) in [6.45, 7) is 8.88. The Bertz CT molecular complexity index is 1020. The van der Waals surface area contributed by atoms with E-state index < -0.39 is 30.3 Å². The number of rotatable bonds is 9. The van der Waals surface area contributed by atoms with Crippen molar-refractivity contribution in [3.63, 3.8) is 0 Å². The van der Waals surface area contributed by atoms with E-state index in [1.165, 1.54) is 24.3 Å². The third kappa shape index (κ3) is 6.47. The molecule has 32 heavy (non-hydrogen) atoms. The van der Waals surface area contributed by atoms with Crippen LogP contribution in [-0.4, -0.2) is 23.6 Å². The van der Waals surface area contributed by atoms with Crippen LogP contribution in [0.5, 0.6) is 0 Å². The number of carbonyl (C=O) groups is 1.